The molecule has 2 fully saturated rings. The fraction of sp³-hybridized carbons (Fsp3) is 0.750. The lowest BCUT2D eigenvalue weighted by molar-refractivity contribution is 0.333. The Morgan fingerprint density at radius 2 is 1.28 bits per heavy atom. The van der Waals surface area contributed by atoms with E-state index in [2.05, 4.69) is 85.1 Å². The number of hydrogen-bond acceptors (Lipinski definition) is 5. The van der Waals surface area contributed by atoms with Crippen molar-refractivity contribution in [1.82, 2.24) is 21.3 Å². The van der Waals surface area contributed by atoms with Crippen LogP contribution in [0, 0.1) is 6.92 Å². The molecule has 0 unspecified atom stereocenters. The number of nitrogens with one attached hydrogen (secondary N) is 4. The SMILES string of the molecule is CC.CC1(C)NCCN1.CCCCC1(C)NCCN1.Cc1ccc(N(C)C)cc1. The molecule has 1 aromatic carbocycles. The molecule has 1 aromatic rings. The molecule has 170 valence electrons. The third-order valence-electron chi connectivity index (χ3n) is 4.99. The maximum Gasteiger partial charge on any atom is 0.0659 e. The minimum Gasteiger partial charge on any atom is -0.378 e. The Kier molecular flexibility index (Phi) is 14.2. The van der Waals surface area contributed by atoms with Crippen LogP contribution in [0.5, 0.6) is 0 Å². The second-order valence-corrected chi connectivity index (χ2v) is 8.50. The zero-order chi connectivity index (χ0) is 22.3. The highest BCUT2D eigenvalue weighted by Gasteiger charge is 2.25. The maximum absolute atomic E-state index is 3.46. The topological polar surface area (TPSA) is 51.4 Å². The van der Waals surface area contributed by atoms with Gasteiger partial charge in [0.05, 0.1) is 11.3 Å². The molecule has 0 aromatic heterocycles. The average Bonchev–Trinajstić information content (AvgIpc) is 3.31. The lowest BCUT2D eigenvalue weighted by Gasteiger charge is -2.24. The molecule has 3 rings (SSSR count). The second-order valence-electron chi connectivity index (χ2n) is 8.50. The Bertz CT molecular complexity index is 497. The predicted molar refractivity (Wildman–Crippen MR) is 131 cm³/mol. The summed E-state index contributed by atoms with van der Waals surface area (Å²) in [7, 11) is 4.09. The van der Waals surface area contributed by atoms with E-state index >= 15 is 0 Å². The van der Waals surface area contributed by atoms with Crippen molar-refractivity contribution in [2.45, 2.75) is 79.1 Å². The van der Waals surface area contributed by atoms with Gasteiger partial charge in [0.15, 0.2) is 0 Å². The molecule has 29 heavy (non-hydrogen) atoms. The van der Waals surface area contributed by atoms with Crippen LogP contribution < -0.4 is 26.2 Å². The Balaban J connectivity index is 0.000000394. The van der Waals surface area contributed by atoms with Crippen LogP contribution in [0.15, 0.2) is 24.3 Å². The normalized spacial score (nSPS) is 18.4. The van der Waals surface area contributed by atoms with E-state index in [0.29, 0.717) is 0 Å². The highest BCUT2D eigenvalue weighted by Crippen LogP contribution is 2.12. The van der Waals surface area contributed by atoms with E-state index in [1.165, 1.54) is 30.5 Å². The summed E-state index contributed by atoms with van der Waals surface area (Å²) in [6.45, 7) is 19.3. The van der Waals surface area contributed by atoms with Crippen molar-refractivity contribution in [3.63, 3.8) is 0 Å². The average molecular weight is 408 g/mol. The summed E-state index contributed by atoms with van der Waals surface area (Å²) in [6.07, 6.45) is 3.86. The van der Waals surface area contributed by atoms with Crippen molar-refractivity contribution in [1.29, 1.82) is 0 Å². The van der Waals surface area contributed by atoms with E-state index in [-0.39, 0.29) is 11.3 Å². The summed E-state index contributed by atoms with van der Waals surface area (Å²) >= 11 is 0. The first-order valence-electron chi connectivity index (χ1n) is 11.4. The fourth-order valence-corrected chi connectivity index (χ4v) is 3.10. The molecular formula is C24H49N5. The van der Waals surface area contributed by atoms with Gasteiger partial charge in [0, 0.05) is 46.0 Å². The molecule has 4 N–H and O–H groups in total. The zero-order valence-electron chi connectivity index (χ0n) is 20.7. The molecule has 0 radical (unpaired) electrons. The lowest BCUT2D eigenvalue weighted by Crippen LogP contribution is -2.45. The molecule has 5 heteroatoms. The zero-order valence-corrected chi connectivity index (χ0v) is 20.7. The third kappa shape index (κ3) is 12.9. The van der Waals surface area contributed by atoms with Crippen LogP contribution in [0.25, 0.3) is 0 Å². The first-order chi connectivity index (χ1) is 13.7. The Morgan fingerprint density at radius 1 is 0.828 bits per heavy atom. The van der Waals surface area contributed by atoms with Crippen LogP contribution in [-0.2, 0) is 0 Å². The minimum atomic E-state index is 0.194. The molecule has 2 aliphatic heterocycles. The monoisotopic (exact) mass is 407 g/mol. The largest absolute Gasteiger partial charge is 0.378 e. The summed E-state index contributed by atoms with van der Waals surface area (Å²) in [6, 6.07) is 8.48. The summed E-state index contributed by atoms with van der Waals surface area (Å²) in [4.78, 5) is 2.10. The van der Waals surface area contributed by atoms with Gasteiger partial charge in [0.1, 0.15) is 0 Å². The van der Waals surface area contributed by atoms with Crippen molar-refractivity contribution >= 4 is 5.69 Å². The Labute approximate surface area is 181 Å². The van der Waals surface area contributed by atoms with Gasteiger partial charge in [0.2, 0.25) is 0 Å². The number of nitrogens with zero attached hydrogens (tertiary/aromatic N) is 1. The van der Waals surface area contributed by atoms with Crippen molar-refractivity contribution in [2.24, 2.45) is 0 Å². The summed E-state index contributed by atoms with van der Waals surface area (Å²) < 4.78 is 0. The van der Waals surface area contributed by atoms with E-state index in [0.717, 1.165) is 26.2 Å². The predicted octanol–water partition coefficient (Wildman–Crippen LogP) is 4.09. The van der Waals surface area contributed by atoms with E-state index in [1.54, 1.807) is 0 Å². The molecule has 2 saturated heterocycles. The van der Waals surface area contributed by atoms with Crippen molar-refractivity contribution in [3.05, 3.63) is 29.8 Å². The van der Waals surface area contributed by atoms with Gasteiger partial charge in [0.25, 0.3) is 0 Å². The summed E-state index contributed by atoms with van der Waals surface area (Å²) in [5.41, 5.74) is 3.01. The van der Waals surface area contributed by atoms with Crippen LogP contribution in [0.4, 0.5) is 5.69 Å². The molecule has 0 saturated carbocycles. The minimum absolute atomic E-state index is 0.194. The molecule has 5 nitrogen and oxygen atoms in total. The van der Waals surface area contributed by atoms with Crippen LogP contribution >= 0.6 is 0 Å². The molecule has 0 amide bonds. The molecule has 2 aliphatic rings. The number of hydrogen-bond donors (Lipinski definition) is 4. The molecule has 0 spiro atoms. The van der Waals surface area contributed by atoms with Gasteiger partial charge in [-0.15, -0.1) is 0 Å². The smallest absolute Gasteiger partial charge is 0.0659 e. The van der Waals surface area contributed by atoms with Crippen molar-refractivity contribution in [2.75, 3.05) is 45.2 Å². The molecule has 2 heterocycles. The first-order valence-corrected chi connectivity index (χ1v) is 11.4. The van der Waals surface area contributed by atoms with Crippen molar-refractivity contribution < 1.29 is 0 Å². The first kappa shape index (κ1) is 27.9. The third-order valence-corrected chi connectivity index (χ3v) is 4.99. The van der Waals surface area contributed by atoms with Crippen LogP contribution in [0.3, 0.4) is 0 Å². The maximum atomic E-state index is 3.46. The number of unbranched alkanes of at least 4 members (excludes halogenated alkanes) is 1. The quantitative estimate of drug-likeness (QED) is 0.606. The number of aryl methyl sites for hydroxylation is 1. The van der Waals surface area contributed by atoms with E-state index in [4.69, 9.17) is 0 Å². The standard InChI is InChI=1S/C9H13N.C8H18N2.C5H12N2.C2H6/c1-8-4-6-9(7-5-8)10(2)3;1-3-4-5-8(2)9-6-7-10-8;1-5(2)6-3-4-7-5;1-2/h4-7H,1-3H3;9-10H,3-7H2,1-2H3;6-7H,3-4H2,1-2H3;1-2H3. The molecule has 0 atom stereocenters. The van der Waals surface area contributed by atoms with E-state index < -0.39 is 0 Å². The van der Waals surface area contributed by atoms with Gasteiger partial charge in [-0.3, -0.25) is 21.3 Å². The van der Waals surface area contributed by atoms with Gasteiger partial charge in [-0.2, -0.15) is 0 Å². The molecular weight excluding hydrogens is 358 g/mol. The van der Waals surface area contributed by atoms with E-state index in [1.807, 2.05) is 27.9 Å². The molecule has 0 bridgehead atoms. The highest BCUT2D eigenvalue weighted by molar-refractivity contribution is 5.45. The van der Waals surface area contributed by atoms with Gasteiger partial charge >= 0.3 is 0 Å². The van der Waals surface area contributed by atoms with Gasteiger partial charge in [-0.25, -0.2) is 0 Å². The van der Waals surface area contributed by atoms with Gasteiger partial charge < -0.3 is 4.90 Å². The van der Waals surface area contributed by atoms with Crippen LogP contribution in [0.1, 0.15) is 66.4 Å². The molecule has 0 aliphatic carbocycles. The summed E-state index contributed by atoms with van der Waals surface area (Å²) in [5.74, 6) is 0. The van der Waals surface area contributed by atoms with Gasteiger partial charge in [-0.1, -0.05) is 51.3 Å². The van der Waals surface area contributed by atoms with Crippen LogP contribution in [-0.4, -0.2) is 51.6 Å². The number of benzene rings is 1. The van der Waals surface area contributed by atoms with Crippen LogP contribution in [0.2, 0.25) is 0 Å². The Hall–Kier alpha value is -1.14. The number of anilines is 1. The van der Waals surface area contributed by atoms with Gasteiger partial charge in [-0.05, 0) is 46.2 Å². The van der Waals surface area contributed by atoms with E-state index in [9.17, 15) is 0 Å². The fourth-order valence-electron chi connectivity index (χ4n) is 3.10. The number of rotatable bonds is 4. The highest BCUT2D eigenvalue weighted by atomic mass is 15.2. The van der Waals surface area contributed by atoms with Crippen molar-refractivity contribution in [3.8, 4) is 0 Å². The Morgan fingerprint density at radius 3 is 1.62 bits per heavy atom. The second kappa shape index (κ2) is 14.8. The lowest BCUT2D eigenvalue weighted by atomic mass is 10.1. The summed E-state index contributed by atoms with van der Waals surface area (Å²) in [5, 5.41) is 13.5.